The van der Waals surface area contributed by atoms with Crippen LogP contribution in [-0.4, -0.2) is 58.5 Å². The number of para-hydroxylation sites is 1. The standard InChI is InChI=1S/C19H25N5O3.ClH/c1-14(22-17(25)13-27-15-6-4-3-5-7-15)19(26)24-11-8-20-12-16(24)18-21-9-10-23(18)2;/h3-7,9-10,14,16,20H,8,11-13H2,1-2H3,(H,22,25);1H. The van der Waals surface area contributed by atoms with E-state index in [1.54, 1.807) is 30.2 Å². The van der Waals surface area contributed by atoms with Crippen molar-refractivity contribution < 1.29 is 14.3 Å². The Morgan fingerprint density at radius 1 is 1.36 bits per heavy atom. The molecule has 8 nitrogen and oxygen atoms in total. The van der Waals surface area contributed by atoms with Crippen molar-refractivity contribution >= 4 is 24.2 Å². The van der Waals surface area contributed by atoms with Crippen molar-refractivity contribution in [1.82, 2.24) is 25.1 Å². The number of piperazine rings is 1. The van der Waals surface area contributed by atoms with Gasteiger partial charge in [-0.3, -0.25) is 9.59 Å². The van der Waals surface area contributed by atoms with Crippen molar-refractivity contribution in [3.8, 4) is 5.75 Å². The quantitative estimate of drug-likeness (QED) is 0.742. The molecule has 2 N–H and O–H groups in total. The van der Waals surface area contributed by atoms with Gasteiger partial charge in [0.2, 0.25) is 5.91 Å². The molecule has 2 aromatic rings. The minimum atomic E-state index is -0.641. The molecule has 0 bridgehead atoms. The second-order valence-electron chi connectivity index (χ2n) is 6.54. The van der Waals surface area contributed by atoms with Crippen LogP contribution in [0.5, 0.6) is 5.75 Å². The number of imidazole rings is 1. The molecule has 1 aliphatic rings. The van der Waals surface area contributed by atoms with E-state index in [1.807, 2.05) is 36.0 Å². The van der Waals surface area contributed by atoms with Gasteiger partial charge in [-0.2, -0.15) is 0 Å². The lowest BCUT2D eigenvalue weighted by Gasteiger charge is -2.37. The molecule has 1 aromatic heterocycles. The minimum absolute atomic E-state index is 0. The van der Waals surface area contributed by atoms with Crippen LogP contribution in [0.3, 0.4) is 0 Å². The molecule has 1 saturated heterocycles. The first kappa shape index (κ1) is 21.7. The van der Waals surface area contributed by atoms with E-state index >= 15 is 0 Å². The van der Waals surface area contributed by atoms with Crippen LogP contribution in [0.25, 0.3) is 0 Å². The van der Waals surface area contributed by atoms with Crippen molar-refractivity contribution in [2.75, 3.05) is 26.2 Å². The average molecular weight is 408 g/mol. The third kappa shape index (κ3) is 5.24. The Morgan fingerprint density at radius 2 is 2.11 bits per heavy atom. The zero-order chi connectivity index (χ0) is 19.2. The van der Waals surface area contributed by atoms with E-state index in [9.17, 15) is 9.59 Å². The number of nitrogens with one attached hydrogen (secondary N) is 2. The van der Waals surface area contributed by atoms with E-state index in [0.29, 0.717) is 25.4 Å². The predicted molar refractivity (Wildman–Crippen MR) is 107 cm³/mol. The number of aromatic nitrogens is 2. The number of benzene rings is 1. The molecule has 3 rings (SSSR count). The van der Waals surface area contributed by atoms with E-state index in [4.69, 9.17) is 4.74 Å². The number of amides is 2. The van der Waals surface area contributed by atoms with Crippen LogP contribution in [0.15, 0.2) is 42.7 Å². The van der Waals surface area contributed by atoms with Crippen molar-refractivity contribution in [3.05, 3.63) is 48.5 Å². The van der Waals surface area contributed by atoms with E-state index < -0.39 is 6.04 Å². The molecule has 0 spiro atoms. The number of hydrogen-bond donors (Lipinski definition) is 2. The lowest BCUT2D eigenvalue weighted by atomic mass is 10.1. The van der Waals surface area contributed by atoms with E-state index in [0.717, 1.165) is 5.82 Å². The summed E-state index contributed by atoms with van der Waals surface area (Å²) in [6, 6.07) is 8.30. The molecule has 1 aromatic carbocycles. The highest BCUT2D eigenvalue weighted by atomic mass is 35.5. The summed E-state index contributed by atoms with van der Waals surface area (Å²) in [6.45, 7) is 3.47. The van der Waals surface area contributed by atoms with Crippen LogP contribution in [0.4, 0.5) is 0 Å². The van der Waals surface area contributed by atoms with E-state index in [1.165, 1.54) is 0 Å². The molecule has 2 atom stereocenters. The summed E-state index contributed by atoms with van der Waals surface area (Å²) in [5.74, 6) is 0.978. The molecule has 1 aliphatic heterocycles. The summed E-state index contributed by atoms with van der Waals surface area (Å²) in [4.78, 5) is 31.2. The smallest absolute Gasteiger partial charge is 0.258 e. The van der Waals surface area contributed by atoms with Crippen molar-refractivity contribution in [1.29, 1.82) is 0 Å². The monoisotopic (exact) mass is 407 g/mol. The Hall–Kier alpha value is -2.58. The zero-order valence-corrected chi connectivity index (χ0v) is 16.8. The van der Waals surface area contributed by atoms with Crippen LogP contribution in [0, 0.1) is 0 Å². The molecule has 152 valence electrons. The number of carbonyl (C=O) groups excluding carboxylic acids is 2. The van der Waals surface area contributed by atoms with Gasteiger partial charge in [-0.1, -0.05) is 18.2 Å². The fourth-order valence-electron chi connectivity index (χ4n) is 3.16. The SMILES string of the molecule is CC(NC(=O)COc1ccccc1)C(=O)N1CCNCC1c1nccn1C.Cl. The highest BCUT2D eigenvalue weighted by molar-refractivity contribution is 5.88. The molecular weight excluding hydrogens is 382 g/mol. The highest BCUT2D eigenvalue weighted by Crippen LogP contribution is 2.21. The van der Waals surface area contributed by atoms with E-state index in [2.05, 4.69) is 15.6 Å². The molecule has 28 heavy (non-hydrogen) atoms. The van der Waals surface area contributed by atoms with Gasteiger partial charge in [0.1, 0.15) is 23.7 Å². The molecule has 2 heterocycles. The summed E-state index contributed by atoms with van der Waals surface area (Å²) in [6.07, 6.45) is 3.58. The highest BCUT2D eigenvalue weighted by Gasteiger charge is 2.33. The summed E-state index contributed by atoms with van der Waals surface area (Å²) < 4.78 is 7.34. The maximum absolute atomic E-state index is 12.9. The summed E-state index contributed by atoms with van der Waals surface area (Å²) in [5, 5.41) is 6.02. The molecule has 0 radical (unpaired) electrons. The Balaban J connectivity index is 0.00000280. The molecular formula is C19H26ClN5O3. The van der Waals surface area contributed by atoms with Crippen LogP contribution < -0.4 is 15.4 Å². The Labute approximate surface area is 170 Å². The predicted octanol–water partition coefficient (Wildman–Crippen LogP) is 0.898. The normalized spacial score (nSPS) is 17.4. The first-order valence-electron chi connectivity index (χ1n) is 9.02. The summed E-state index contributed by atoms with van der Waals surface area (Å²) in [7, 11) is 1.91. The fourth-order valence-corrected chi connectivity index (χ4v) is 3.16. The third-order valence-corrected chi connectivity index (χ3v) is 4.54. The maximum Gasteiger partial charge on any atom is 0.258 e. The van der Waals surface area contributed by atoms with Crippen LogP contribution in [0.2, 0.25) is 0 Å². The minimum Gasteiger partial charge on any atom is -0.484 e. The summed E-state index contributed by atoms with van der Waals surface area (Å²) >= 11 is 0. The van der Waals surface area contributed by atoms with Crippen LogP contribution in [-0.2, 0) is 16.6 Å². The van der Waals surface area contributed by atoms with Gasteiger partial charge in [-0.25, -0.2) is 4.98 Å². The molecule has 0 saturated carbocycles. The number of nitrogens with zero attached hydrogens (tertiary/aromatic N) is 3. The number of hydrogen-bond acceptors (Lipinski definition) is 5. The van der Waals surface area contributed by atoms with Gasteiger partial charge >= 0.3 is 0 Å². The van der Waals surface area contributed by atoms with Gasteiger partial charge in [-0.15, -0.1) is 12.4 Å². The third-order valence-electron chi connectivity index (χ3n) is 4.54. The average Bonchev–Trinajstić information content (AvgIpc) is 3.12. The lowest BCUT2D eigenvalue weighted by molar-refractivity contribution is -0.139. The molecule has 0 aliphatic carbocycles. The van der Waals surface area contributed by atoms with Crippen LogP contribution >= 0.6 is 12.4 Å². The zero-order valence-electron chi connectivity index (χ0n) is 16.0. The Kier molecular flexibility index (Phi) is 7.83. The van der Waals surface area contributed by atoms with Crippen molar-refractivity contribution in [3.63, 3.8) is 0 Å². The van der Waals surface area contributed by atoms with Gasteiger partial charge in [0, 0.05) is 39.1 Å². The molecule has 2 unspecified atom stereocenters. The molecule has 2 amide bonds. The van der Waals surface area contributed by atoms with Crippen molar-refractivity contribution in [2.45, 2.75) is 19.0 Å². The fraction of sp³-hybridized carbons (Fsp3) is 0.421. The summed E-state index contributed by atoms with van der Waals surface area (Å²) in [5.41, 5.74) is 0. The maximum atomic E-state index is 12.9. The first-order valence-corrected chi connectivity index (χ1v) is 9.02. The second kappa shape index (κ2) is 10.1. The van der Waals surface area contributed by atoms with Gasteiger partial charge in [0.15, 0.2) is 6.61 Å². The number of ether oxygens (including phenoxy) is 1. The van der Waals surface area contributed by atoms with E-state index in [-0.39, 0.29) is 36.9 Å². The van der Waals surface area contributed by atoms with Gasteiger partial charge in [0.25, 0.3) is 5.91 Å². The number of carbonyl (C=O) groups is 2. The Bertz CT molecular complexity index is 783. The van der Waals surface area contributed by atoms with Crippen LogP contribution in [0.1, 0.15) is 18.8 Å². The first-order chi connectivity index (χ1) is 13.1. The largest absolute Gasteiger partial charge is 0.484 e. The lowest BCUT2D eigenvalue weighted by Crippen LogP contribution is -2.55. The Morgan fingerprint density at radius 3 is 2.79 bits per heavy atom. The topological polar surface area (TPSA) is 88.5 Å². The van der Waals surface area contributed by atoms with Gasteiger partial charge in [-0.05, 0) is 19.1 Å². The van der Waals surface area contributed by atoms with Gasteiger partial charge in [0.05, 0.1) is 0 Å². The molecule has 1 fully saturated rings. The number of aryl methyl sites for hydroxylation is 1. The molecule has 9 heteroatoms. The van der Waals surface area contributed by atoms with Gasteiger partial charge < -0.3 is 24.8 Å². The number of rotatable bonds is 6. The second-order valence-corrected chi connectivity index (χ2v) is 6.54. The van der Waals surface area contributed by atoms with Crippen molar-refractivity contribution in [2.24, 2.45) is 7.05 Å². The number of halogens is 1.